The maximum atomic E-state index is 11.9. The molecular formula is C18H22N2O4. The molecule has 128 valence electrons. The molecule has 0 unspecified atom stereocenters. The van der Waals surface area contributed by atoms with E-state index in [9.17, 15) is 9.59 Å². The second-order valence-corrected chi connectivity index (χ2v) is 6.50. The van der Waals surface area contributed by atoms with Crippen LogP contribution in [-0.2, 0) is 21.4 Å². The molecule has 1 aromatic heterocycles. The molecular weight excluding hydrogens is 308 g/mol. The minimum atomic E-state index is -0.541. The Labute approximate surface area is 141 Å². The molecule has 2 rings (SSSR count). The van der Waals surface area contributed by atoms with Crippen LogP contribution >= 0.6 is 0 Å². The number of ether oxygens (including phenoxy) is 1. The van der Waals surface area contributed by atoms with Crippen molar-refractivity contribution < 1.29 is 18.8 Å². The van der Waals surface area contributed by atoms with Gasteiger partial charge in [0.25, 0.3) is 5.91 Å². The lowest BCUT2D eigenvalue weighted by Gasteiger charge is -2.12. The average molecular weight is 330 g/mol. The summed E-state index contributed by atoms with van der Waals surface area (Å²) in [7, 11) is 0. The number of aryl methyl sites for hydroxylation is 1. The second kappa shape index (κ2) is 7.29. The molecule has 0 saturated carbocycles. The van der Waals surface area contributed by atoms with E-state index in [2.05, 4.69) is 10.5 Å². The molecule has 0 saturated heterocycles. The summed E-state index contributed by atoms with van der Waals surface area (Å²) in [6.07, 6.45) is 0.894. The first-order valence-corrected chi connectivity index (χ1v) is 7.82. The lowest BCUT2D eigenvalue weighted by Crippen LogP contribution is -2.20. The van der Waals surface area contributed by atoms with Gasteiger partial charge in [-0.25, -0.2) is 4.79 Å². The van der Waals surface area contributed by atoms with Gasteiger partial charge in [-0.2, -0.15) is 0 Å². The minimum Gasteiger partial charge on any atom is -0.452 e. The topological polar surface area (TPSA) is 81.4 Å². The zero-order chi connectivity index (χ0) is 17.7. The van der Waals surface area contributed by atoms with Gasteiger partial charge in [0.05, 0.1) is 11.3 Å². The highest BCUT2D eigenvalue weighted by atomic mass is 16.5. The van der Waals surface area contributed by atoms with Crippen molar-refractivity contribution in [3.8, 4) is 0 Å². The Balaban J connectivity index is 1.86. The van der Waals surface area contributed by atoms with Crippen molar-refractivity contribution >= 4 is 17.8 Å². The molecule has 0 radical (unpaired) electrons. The number of anilines is 1. The van der Waals surface area contributed by atoms with E-state index in [0.717, 1.165) is 17.7 Å². The fourth-order valence-corrected chi connectivity index (χ4v) is 1.95. The molecule has 6 nitrogen and oxygen atoms in total. The van der Waals surface area contributed by atoms with Crippen LogP contribution in [-0.4, -0.2) is 23.6 Å². The van der Waals surface area contributed by atoms with Crippen molar-refractivity contribution in [2.45, 2.75) is 39.5 Å². The summed E-state index contributed by atoms with van der Waals surface area (Å²) in [6, 6.07) is 8.75. The number of nitrogens with one attached hydrogen (secondary N) is 1. The Morgan fingerprint density at radius 3 is 2.42 bits per heavy atom. The molecule has 1 heterocycles. The standard InChI is InChI=1S/C18H22N2O4/c1-5-12-6-8-13(9-7-12)17(22)23-11-15(21)19-16-10-14(20-24-16)18(2,3)4/h6-10H,5,11H2,1-4H3,(H,19,21). The van der Waals surface area contributed by atoms with Gasteiger partial charge in [0.15, 0.2) is 6.61 Å². The number of nitrogens with zero attached hydrogens (tertiary/aromatic N) is 1. The predicted molar refractivity (Wildman–Crippen MR) is 89.9 cm³/mol. The summed E-state index contributed by atoms with van der Waals surface area (Å²) in [4.78, 5) is 23.7. The summed E-state index contributed by atoms with van der Waals surface area (Å²) < 4.78 is 10.1. The summed E-state index contributed by atoms with van der Waals surface area (Å²) >= 11 is 0. The first-order valence-electron chi connectivity index (χ1n) is 7.82. The van der Waals surface area contributed by atoms with Crippen LogP contribution in [0, 0.1) is 0 Å². The highest BCUT2D eigenvalue weighted by Gasteiger charge is 2.20. The van der Waals surface area contributed by atoms with Crippen LogP contribution in [0.15, 0.2) is 34.9 Å². The van der Waals surface area contributed by atoms with Crippen molar-refractivity contribution in [1.29, 1.82) is 0 Å². The van der Waals surface area contributed by atoms with Crippen LogP contribution in [0.5, 0.6) is 0 Å². The van der Waals surface area contributed by atoms with Crippen molar-refractivity contribution in [2.75, 3.05) is 11.9 Å². The molecule has 0 fully saturated rings. The van der Waals surface area contributed by atoms with E-state index >= 15 is 0 Å². The van der Waals surface area contributed by atoms with E-state index in [1.165, 1.54) is 0 Å². The molecule has 1 amide bonds. The van der Waals surface area contributed by atoms with E-state index in [-0.39, 0.29) is 17.9 Å². The number of hydrogen-bond acceptors (Lipinski definition) is 5. The average Bonchev–Trinajstić information content (AvgIpc) is 3.01. The third-order valence-corrected chi connectivity index (χ3v) is 3.47. The number of aromatic nitrogens is 1. The van der Waals surface area contributed by atoms with Gasteiger partial charge >= 0.3 is 5.97 Å². The zero-order valence-electron chi connectivity index (χ0n) is 14.4. The number of amides is 1. The molecule has 24 heavy (non-hydrogen) atoms. The second-order valence-electron chi connectivity index (χ2n) is 6.50. The van der Waals surface area contributed by atoms with E-state index in [1.54, 1.807) is 18.2 Å². The lowest BCUT2D eigenvalue weighted by atomic mass is 9.92. The summed E-state index contributed by atoms with van der Waals surface area (Å²) in [5.41, 5.74) is 2.09. The number of rotatable bonds is 5. The third kappa shape index (κ3) is 4.68. The van der Waals surface area contributed by atoms with Gasteiger partial charge < -0.3 is 9.26 Å². The van der Waals surface area contributed by atoms with Crippen molar-refractivity contribution in [3.05, 3.63) is 47.2 Å². The van der Waals surface area contributed by atoms with Gasteiger partial charge in [0.1, 0.15) is 0 Å². The summed E-state index contributed by atoms with van der Waals surface area (Å²) in [5.74, 6) is -0.792. The summed E-state index contributed by atoms with van der Waals surface area (Å²) in [5, 5.41) is 6.42. The third-order valence-electron chi connectivity index (χ3n) is 3.47. The number of carbonyl (C=O) groups is 2. The van der Waals surface area contributed by atoms with Crippen LogP contribution < -0.4 is 5.32 Å². The Bertz CT molecular complexity index is 711. The Kier molecular flexibility index (Phi) is 5.39. The highest BCUT2D eigenvalue weighted by Crippen LogP contribution is 2.23. The molecule has 1 aromatic carbocycles. The largest absolute Gasteiger partial charge is 0.452 e. The molecule has 2 aromatic rings. The molecule has 0 aliphatic carbocycles. The van der Waals surface area contributed by atoms with Crippen LogP contribution in [0.1, 0.15) is 49.3 Å². The maximum Gasteiger partial charge on any atom is 0.338 e. The normalized spacial score (nSPS) is 11.2. The van der Waals surface area contributed by atoms with Crippen LogP contribution in [0.4, 0.5) is 5.88 Å². The molecule has 0 aliphatic heterocycles. The fourth-order valence-electron chi connectivity index (χ4n) is 1.95. The lowest BCUT2D eigenvalue weighted by molar-refractivity contribution is -0.119. The molecule has 1 N–H and O–H groups in total. The monoisotopic (exact) mass is 330 g/mol. The van der Waals surface area contributed by atoms with E-state index < -0.39 is 11.9 Å². The Morgan fingerprint density at radius 1 is 1.21 bits per heavy atom. The molecule has 0 atom stereocenters. The molecule has 6 heteroatoms. The van der Waals surface area contributed by atoms with E-state index in [1.807, 2.05) is 39.8 Å². The molecule has 0 aliphatic rings. The van der Waals surface area contributed by atoms with Gasteiger partial charge in [0, 0.05) is 11.5 Å². The maximum absolute atomic E-state index is 11.9. The van der Waals surface area contributed by atoms with Gasteiger partial charge in [-0.05, 0) is 24.1 Å². The summed E-state index contributed by atoms with van der Waals surface area (Å²) in [6.45, 7) is 7.61. The quantitative estimate of drug-likeness (QED) is 0.850. The Morgan fingerprint density at radius 2 is 1.88 bits per heavy atom. The highest BCUT2D eigenvalue weighted by molar-refractivity contribution is 5.94. The van der Waals surface area contributed by atoms with Gasteiger partial charge in [-0.15, -0.1) is 0 Å². The van der Waals surface area contributed by atoms with Crippen molar-refractivity contribution in [3.63, 3.8) is 0 Å². The number of benzene rings is 1. The first kappa shape index (κ1) is 17.7. The van der Waals surface area contributed by atoms with Crippen molar-refractivity contribution in [2.24, 2.45) is 0 Å². The number of hydrogen-bond donors (Lipinski definition) is 1. The van der Waals surface area contributed by atoms with Gasteiger partial charge in [-0.3, -0.25) is 10.1 Å². The smallest absolute Gasteiger partial charge is 0.338 e. The predicted octanol–water partition coefficient (Wildman–Crippen LogP) is 3.33. The first-order chi connectivity index (χ1) is 11.3. The molecule has 0 spiro atoms. The SMILES string of the molecule is CCc1ccc(C(=O)OCC(=O)Nc2cc(C(C)(C)C)no2)cc1. The number of carbonyl (C=O) groups excluding carboxylic acids is 2. The van der Waals surface area contributed by atoms with Crippen LogP contribution in [0.25, 0.3) is 0 Å². The van der Waals surface area contributed by atoms with Gasteiger partial charge in [0.2, 0.25) is 5.88 Å². The van der Waals surface area contributed by atoms with Gasteiger partial charge in [-0.1, -0.05) is 45.0 Å². The van der Waals surface area contributed by atoms with E-state index in [0.29, 0.717) is 5.56 Å². The van der Waals surface area contributed by atoms with E-state index in [4.69, 9.17) is 9.26 Å². The minimum absolute atomic E-state index is 0.177. The Hall–Kier alpha value is -2.63. The number of esters is 1. The zero-order valence-corrected chi connectivity index (χ0v) is 14.4. The fraction of sp³-hybridized carbons (Fsp3) is 0.389. The van der Waals surface area contributed by atoms with Crippen LogP contribution in [0.3, 0.4) is 0 Å². The van der Waals surface area contributed by atoms with Crippen molar-refractivity contribution in [1.82, 2.24) is 5.16 Å². The van der Waals surface area contributed by atoms with Crippen LogP contribution in [0.2, 0.25) is 0 Å². The molecule has 0 bridgehead atoms.